The third-order valence-corrected chi connectivity index (χ3v) is 1.03. The molecule has 0 aliphatic heterocycles. The van der Waals surface area contributed by atoms with Gasteiger partial charge in [-0.15, -0.1) is 0 Å². The number of aldehydes is 1. The molecule has 0 saturated carbocycles. The smallest absolute Gasteiger partial charge is 0.120 e. The molecule has 0 heterocycles. The minimum absolute atomic E-state index is 0.671. The lowest BCUT2D eigenvalue weighted by atomic mass is 10.3. The average Bonchev–Trinajstić information content (AvgIpc) is 1.89. The normalized spacial score (nSPS) is 9.44. The predicted octanol–water partition coefficient (Wildman–Crippen LogP) is 0.779. The van der Waals surface area contributed by atoms with Gasteiger partial charge in [0, 0.05) is 6.42 Å². The van der Waals surface area contributed by atoms with Gasteiger partial charge >= 0.3 is 0 Å². The Morgan fingerprint density at radius 3 is 2.78 bits per heavy atom. The minimum atomic E-state index is 0.671. The third kappa shape index (κ3) is 7.63. The lowest BCUT2D eigenvalue weighted by Gasteiger charge is -1.97. The molecule has 53 valence electrons. The van der Waals surface area contributed by atoms with Gasteiger partial charge in [-0.1, -0.05) is 6.92 Å². The molecule has 0 fully saturated rings. The molecule has 0 aliphatic carbocycles. The summed E-state index contributed by atoms with van der Waals surface area (Å²) in [6, 6.07) is 0. The molecule has 0 atom stereocenters. The molecule has 0 aromatic carbocycles. The van der Waals surface area contributed by atoms with Crippen LogP contribution in [0.15, 0.2) is 0 Å². The van der Waals surface area contributed by atoms with Crippen molar-refractivity contribution in [1.82, 2.24) is 5.32 Å². The highest BCUT2D eigenvalue weighted by molar-refractivity contribution is 5.48. The zero-order chi connectivity index (χ0) is 6.95. The molecule has 9 heavy (non-hydrogen) atoms. The summed E-state index contributed by atoms with van der Waals surface area (Å²) in [6.07, 6.45) is 3.49. The van der Waals surface area contributed by atoms with Gasteiger partial charge in [-0.05, 0) is 25.9 Å². The maximum Gasteiger partial charge on any atom is 0.120 e. The van der Waals surface area contributed by atoms with Crippen molar-refractivity contribution in [2.45, 2.75) is 19.3 Å². The maximum absolute atomic E-state index is 9.80. The van der Waals surface area contributed by atoms with Crippen LogP contribution in [0.2, 0.25) is 0 Å². The Kier molecular flexibility index (Phi) is 7.32. The summed E-state index contributed by atoms with van der Waals surface area (Å²) in [4.78, 5) is 9.80. The van der Waals surface area contributed by atoms with Crippen LogP contribution in [-0.4, -0.2) is 19.4 Å². The highest BCUT2D eigenvalue weighted by Gasteiger charge is 1.83. The fourth-order valence-corrected chi connectivity index (χ4v) is 0.560. The number of unbranched alkanes of at least 4 members (excludes halogenated alkanes) is 1. The maximum atomic E-state index is 9.80. The van der Waals surface area contributed by atoms with Crippen LogP contribution >= 0.6 is 0 Å². The number of carbonyl (C=O) groups is 1. The van der Waals surface area contributed by atoms with Gasteiger partial charge in [0.05, 0.1) is 0 Å². The molecular weight excluding hydrogens is 114 g/mol. The summed E-state index contributed by atoms with van der Waals surface area (Å²) >= 11 is 0. The van der Waals surface area contributed by atoms with Crippen molar-refractivity contribution in [3.05, 3.63) is 6.92 Å². The van der Waals surface area contributed by atoms with Crippen molar-refractivity contribution in [3.63, 3.8) is 0 Å². The first-order valence-corrected chi connectivity index (χ1v) is 3.35. The van der Waals surface area contributed by atoms with Crippen molar-refractivity contribution < 1.29 is 4.79 Å². The van der Waals surface area contributed by atoms with Crippen LogP contribution in [0.4, 0.5) is 0 Å². The SMILES string of the molecule is [CH2]CCNCCCC=O. The van der Waals surface area contributed by atoms with E-state index in [1.807, 2.05) is 0 Å². The molecule has 0 amide bonds. The second kappa shape index (κ2) is 7.63. The quantitative estimate of drug-likeness (QED) is 0.423. The zero-order valence-electron chi connectivity index (χ0n) is 5.73. The molecule has 0 bridgehead atoms. The van der Waals surface area contributed by atoms with Crippen molar-refractivity contribution in [2.24, 2.45) is 0 Å². The first-order chi connectivity index (χ1) is 4.41. The van der Waals surface area contributed by atoms with Gasteiger partial charge in [-0.2, -0.15) is 0 Å². The van der Waals surface area contributed by atoms with Crippen LogP contribution in [0, 0.1) is 6.92 Å². The highest BCUT2D eigenvalue weighted by Crippen LogP contribution is 1.80. The van der Waals surface area contributed by atoms with Crippen LogP contribution in [0.5, 0.6) is 0 Å². The monoisotopic (exact) mass is 128 g/mol. The van der Waals surface area contributed by atoms with Gasteiger partial charge < -0.3 is 10.1 Å². The predicted molar refractivity (Wildman–Crippen MR) is 38.1 cm³/mol. The van der Waals surface area contributed by atoms with Crippen molar-refractivity contribution in [1.29, 1.82) is 0 Å². The summed E-state index contributed by atoms with van der Waals surface area (Å²) in [5.41, 5.74) is 0. The van der Waals surface area contributed by atoms with E-state index >= 15 is 0 Å². The number of rotatable bonds is 6. The highest BCUT2D eigenvalue weighted by atomic mass is 16.1. The van der Waals surface area contributed by atoms with Crippen LogP contribution in [0.3, 0.4) is 0 Å². The van der Waals surface area contributed by atoms with Gasteiger partial charge in [0.1, 0.15) is 6.29 Å². The average molecular weight is 128 g/mol. The molecule has 2 nitrogen and oxygen atoms in total. The molecule has 2 heteroatoms. The lowest BCUT2D eigenvalue weighted by Crippen LogP contribution is -2.15. The van der Waals surface area contributed by atoms with E-state index in [2.05, 4.69) is 12.2 Å². The lowest BCUT2D eigenvalue weighted by molar-refractivity contribution is -0.107. The van der Waals surface area contributed by atoms with Gasteiger partial charge in [-0.25, -0.2) is 0 Å². The van der Waals surface area contributed by atoms with E-state index in [9.17, 15) is 4.79 Å². The van der Waals surface area contributed by atoms with Gasteiger partial charge in [-0.3, -0.25) is 0 Å². The molecular formula is C7H14NO. The van der Waals surface area contributed by atoms with Crippen molar-refractivity contribution in [2.75, 3.05) is 13.1 Å². The second-order valence-electron chi connectivity index (χ2n) is 1.91. The van der Waals surface area contributed by atoms with Crippen LogP contribution in [0.25, 0.3) is 0 Å². The van der Waals surface area contributed by atoms with Gasteiger partial charge in [0.2, 0.25) is 0 Å². The summed E-state index contributed by atoms with van der Waals surface area (Å²) in [6.45, 7) is 5.57. The second-order valence-corrected chi connectivity index (χ2v) is 1.91. The fraction of sp³-hybridized carbons (Fsp3) is 0.714. The first kappa shape index (κ1) is 8.63. The molecule has 0 aliphatic rings. The standard InChI is InChI=1S/C7H14NO/c1-2-5-8-6-3-4-7-9/h7-8H,1-6H2. The van der Waals surface area contributed by atoms with E-state index < -0.39 is 0 Å². The molecule has 0 saturated heterocycles. The summed E-state index contributed by atoms with van der Waals surface area (Å²) in [5.74, 6) is 0. The fourth-order valence-electron chi connectivity index (χ4n) is 0.560. The van der Waals surface area contributed by atoms with Crippen LogP contribution in [-0.2, 0) is 4.79 Å². The Labute approximate surface area is 56.6 Å². The number of nitrogens with one attached hydrogen (secondary N) is 1. The van der Waals surface area contributed by atoms with Gasteiger partial charge in [0.25, 0.3) is 0 Å². The molecule has 1 radical (unpaired) electrons. The van der Waals surface area contributed by atoms with Crippen LogP contribution < -0.4 is 5.32 Å². The van der Waals surface area contributed by atoms with E-state index in [0.717, 1.165) is 32.2 Å². The first-order valence-electron chi connectivity index (χ1n) is 3.35. The zero-order valence-corrected chi connectivity index (χ0v) is 5.73. The third-order valence-electron chi connectivity index (χ3n) is 1.03. The molecule has 0 aromatic rings. The largest absolute Gasteiger partial charge is 0.317 e. The Balaban J connectivity index is 2.66. The van der Waals surface area contributed by atoms with Gasteiger partial charge in [0.15, 0.2) is 0 Å². The summed E-state index contributed by atoms with van der Waals surface area (Å²) in [7, 11) is 0. The molecule has 0 aromatic heterocycles. The number of carbonyl (C=O) groups excluding carboxylic acids is 1. The van der Waals surface area contributed by atoms with Crippen LogP contribution in [0.1, 0.15) is 19.3 Å². The minimum Gasteiger partial charge on any atom is -0.317 e. The number of hydrogen-bond donors (Lipinski definition) is 1. The van der Waals surface area contributed by atoms with E-state index in [0.29, 0.717) is 6.42 Å². The summed E-state index contributed by atoms with van der Waals surface area (Å²) in [5, 5.41) is 3.15. The van der Waals surface area contributed by atoms with E-state index in [-0.39, 0.29) is 0 Å². The summed E-state index contributed by atoms with van der Waals surface area (Å²) < 4.78 is 0. The Bertz CT molecular complexity index is 63.9. The molecule has 1 N–H and O–H groups in total. The van der Waals surface area contributed by atoms with E-state index in [1.54, 1.807) is 0 Å². The van der Waals surface area contributed by atoms with Crippen molar-refractivity contribution in [3.8, 4) is 0 Å². The molecule has 0 spiro atoms. The van der Waals surface area contributed by atoms with E-state index in [1.165, 1.54) is 0 Å². The van der Waals surface area contributed by atoms with E-state index in [4.69, 9.17) is 0 Å². The van der Waals surface area contributed by atoms with Crippen molar-refractivity contribution >= 4 is 6.29 Å². The topological polar surface area (TPSA) is 29.1 Å². The Hall–Kier alpha value is -0.370. The Morgan fingerprint density at radius 2 is 2.22 bits per heavy atom. The Morgan fingerprint density at radius 1 is 1.44 bits per heavy atom. The molecule has 0 rings (SSSR count). The molecule has 0 unspecified atom stereocenters. The number of hydrogen-bond acceptors (Lipinski definition) is 2.